The van der Waals surface area contributed by atoms with Gasteiger partial charge in [0.1, 0.15) is 6.54 Å². The Morgan fingerprint density at radius 2 is 2.21 bits per heavy atom. The van der Waals surface area contributed by atoms with Gasteiger partial charge in [-0.3, -0.25) is 4.79 Å². The molecule has 0 aliphatic carbocycles. The van der Waals surface area contributed by atoms with Crippen LogP contribution in [0.3, 0.4) is 0 Å². The van der Waals surface area contributed by atoms with Gasteiger partial charge >= 0.3 is 0 Å². The van der Waals surface area contributed by atoms with Crippen LogP contribution in [0.5, 0.6) is 0 Å². The Kier molecular flexibility index (Phi) is 1.99. The van der Waals surface area contributed by atoms with Crippen molar-refractivity contribution in [2.75, 3.05) is 18.1 Å². The van der Waals surface area contributed by atoms with Crippen LogP contribution in [0, 0.1) is 0 Å². The van der Waals surface area contributed by atoms with E-state index < -0.39 is 9.84 Å². The largest absolute Gasteiger partial charge is 0.369 e. The highest BCUT2D eigenvalue weighted by molar-refractivity contribution is 7.91. The van der Waals surface area contributed by atoms with Gasteiger partial charge in [0.15, 0.2) is 15.8 Å². The molecule has 1 fully saturated rings. The number of sulfone groups is 1. The van der Waals surface area contributed by atoms with Crippen molar-refractivity contribution in [3.05, 3.63) is 0 Å². The number of aliphatic imine (C=N–C) groups is 1. The van der Waals surface area contributed by atoms with Crippen LogP contribution in [0.15, 0.2) is 4.99 Å². The summed E-state index contributed by atoms with van der Waals surface area (Å²) in [6.45, 7) is 0.117. The Hall–Kier alpha value is -1.11. The summed E-state index contributed by atoms with van der Waals surface area (Å²) < 4.78 is 22.4. The number of hydrogen-bond acceptors (Lipinski definition) is 5. The van der Waals surface area contributed by atoms with E-state index in [9.17, 15) is 13.2 Å². The third-order valence-electron chi connectivity index (χ3n) is 2.49. The van der Waals surface area contributed by atoms with Crippen LogP contribution in [0.2, 0.25) is 0 Å². The van der Waals surface area contributed by atoms with Crippen LogP contribution < -0.4 is 5.73 Å². The summed E-state index contributed by atoms with van der Waals surface area (Å²) in [6.07, 6.45) is 0.534. The lowest BCUT2D eigenvalue weighted by Crippen LogP contribution is -2.43. The Morgan fingerprint density at radius 3 is 2.64 bits per heavy atom. The predicted octanol–water partition coefficient (Wildman–Crippen LogP) is -1.67. The molecule has 0 aromatic rings. The highest BCUT2D eigenvalue weighted by atomic mass is 32.2. The molecule has 7 heteroatoms. The topological polar surface area (TPSA) is 92.8 Å². The van der Waals surface area contributed by atoms with E-state index >= 15 is 0 Å². The molecule has 0 bridgehead atoms. The molecule has 2 rings (SSSR count). The van der Waals surface area contributed by atoms with E-state index in [1.807, 2.05) is 0 Å². The number of nitrogens with two attached hydrogens (primary N) is 1. The van der Waals surface area contributed by atoms with Crippen LogP contribution in [0.4, 0.5) is 0 Å². The van der Waals surface area contributed by atoms with E-state index in [1.165, 1.54) is 0 Å². The van der Waals surface area contributed by atoms with E-state index in [-0.39, 0.29) is 36.0 Å². The van der Waals surface area contributed by atoms with Crippen molar-refractivity contribution in [3.63, 3.8) is 0 Å². The first-order valence-electron chi connectivity index (χ1n) is 4.32. The van der Waals surface area contributed by atoms with Gasteiger partial charge in [0.2, 0.25) is 0 Å². The monoisotopic (exact) mass is 217 g/mol. The summed E-state index contributed by atoms with van der Waals surface area (Å²) in [7, 11) is -2.94. The molecule has 1 amide bonds. The van der Waals surface area contributed by atoms with Crippen molar-refractivity contribution in [1.82, 2.24) is 4.90 Å². The van der Waals surface area contributed by atoms with Crippen LogP contribution in [-0.4, -0.2) is 49.3 Å². The summed E-state index contributed by atoms with van der Waals surface area (Å²) in [6, 6.07) is -0.171. The Balaban J connectivity index is 2.12. The Bertz CT molecular complexity index is 400. The molecule has 0 radical (unpaired) electrons. The third kappa shape index (κ3) is 1.59. The van der Waals surface area contributed by atoms with E-state index in [0.717, 1.165) is 0 Å². The van der Waals surface area contributed by atoms with Crippen molar-refractivity contribution in [1.29, 1.82) is 0 Å². The average molecular weight is 217 g/mol. The molecule has 2 N–H and O–H groups in total. The second-order valence-corrected chi connectivity index (χ2v) is 5.78. The summed E-state index contributed by atoms with van der Waals surface area (Å²) in [4.78, 5) is 16.0. The molecule has 1 unspecified atom stereocenters. The lowest BCUT2D eigenvalue weighted by Gasteiger charge is -2.22. The van der Waals surface area contributed by atoms with Crippen molar-refractivity contribution in [3.8, 4) is 0 Å². The van der Waals surface area contributed by atoms with Gasteiger partial charge in [0.05, 0.1) is 11.5 Å². The predicted molar refractivity (Wildman–Crippen MR) is 50.4 cm³/mol. The fourth-order valence-electron chi connectivity index (χ4n) is 1.79. The second-order valence-electron chi connectivity index (χ2n) is 3.55. The van der Waals surface area contributed by atoms with E-state index in [0.29, 0.717) is 6.42 Å². The first-order chi connectivity index (χ1) is 6.48. The third-order valence-corrected chi connectivity index (χ3v) is 4.24. The molecule has 1 atom stereocenters. The number of rotatable bonds is 1. The zero-order chi connectivity index (χ0) is 10.3. The van der Waals surface area contributed by atoms with Crippen molar-refractivity contribution in [2.45, 2.75) is 12.5 Å². The molecular weight excluding hydrogens is 206 g/mol. The average Bonchev–Trinajstić information content (AvgIpc) is 2.55. The van der Waals surface area contributed by atoms with Gasteiger partial charge in [0, 0.05) is 6.04 Å². The molecular formula is C7H11N3O3S. The number of hydrogen-bond donors (Lipinski definition) is 1. The van der Waals surface area contributed by atoms with Crippen LogP contribution in [-0.2, 0) is 14.6 Å². The van der Waals surface area contributed by atoms with Crippen LogP contribution in [0.1, 0.15) is 6.42 Å². The lowest BCUT2D eigenvalue weighted by atomic mass is 10.2. The summed E-state index contributed by atoms with van der Waals surface area (Å²) in [5, 5.41) is 0. The van der Waals surface area contributed by atoms with Gasteiger partial charge in [-0.05, 0) is 6.42 Å². The molecule has 2 aliphatic heterocycles. The maximum atomic E-state index is 11.2. The zero-order valence-corrected chi connectivity index (χ0v) is 8.33. The lowest BCUT2D eigenvalue weighted by molar-refractivity contribution is -0.117. The molecule has 0 saturated carbocycles. The smallest absolute Gasteiger partial charge is 0.268 e. The maximum Gasteiger partial charge on any atom is 0.268 e. The molecule has 0 aromatic heterocycles. The summed E-state index contributed by atoms with van der Waals surface area (Å²) in [5.41, 5.74) is 5.50. The fourth-order valence-corrected chi connectivity index (χ4v) is 3.52. The molecule has 78 valence electrons. The van der Waals surface area contributed by atoms with Gasteiger partial charge in [0.25, 0.3) is 5.91 Å². The number of carbonyl (C=O) groups excluding carboxylic acids is 1. The maximum absolute atomic E-state index is 11.2. The quantitative estimate of drug-likeness (QED) is 0.567. The minimum absolute atomic E-state index is 0.0799. The van der Waals surface area contributed by atoms with Crippen LogP contribution >= 0.6 is 0 Å². The van der Waals surface area contributed by atoms with Gasteiger partial charge in [-0.2, -0.15) is 4.99 Å². The second kappa shape index (κ2) is 2.94. The first-order valence-corrected chi connectivity index (χ1v) is 6.14. The molecule has 0 spiro atoms. The zero-order valence-electron chi connectivity index (χ0n) is 7.51. The molecule has 14 heavy (non-hydrogen) atoms. The molecule has 2 aliphatic rings. The fraction of sp³-hybridized carbons (Fsp3) is 0.714. The molecule has 2 heterocycles. The molecule has 0 aromatic carbocycles. The minimum Gasteiger partial charge on any atom is -0.369 e. The van der Waals surface area contributed by atoms with E-state index in [4.69, 9.17) is 5.73 Å². The summed E-state index contributed by atoms with van der Waals surface area (Å²) in [5.74, 6) is 0.107. The number of carbonyl (C=O) groups is 1. The standard InChI is InChI=1S/C7H11N3O3S/c8-7-9-6(11)3-10(7)5-1-2-14(12,13)4-5/h5H,1-4H2,(H2,8,9,11). The Morgan fingerprint density at radius 1 is 1.50 bits per heavy atom. The van der Waals surface area contributed by atoms with E-state index in [2.05, 4.69) is 4.99 Å². The number of amides is 1. The van der Waals surface area contributed by atoms with E-state index in [1.54, 1.807) is 4.90 Å². The van der Waals surface area contributed by atoms with Crippen molar-refractivity contribution < 1.29 is 13.2 Å². The molecule has 1 saturated heterocycles. The SMILES string of the molecule is NC1=NC(=O)CN1C1CCS(=O)(=O)C1. The van der Waals surface area contributed by atoms with Crippen molar-refractivity contribution >= 4 is 21.7 Å². The number of guanidine groups is 1. The molecule has 6 nitrogen and oxygen atoms in total. The normalized spacial score (nSPS) is 30.9. The number of nitrogens with zero attached hydrogens (tertiary/aromatic N) is 2. The van der Waals surface area contributed by atoms with Crippen molar-refractivity contribution in [2.24, 2.45) is 10.7 Å². The first kappa shape index (κ1) is 9.45. The van der Waals surface area contributed by atoms with Gasteiger partial charge in [-0.15, -0.1) is 0 Å². The Labute approximate surface area is 81.7 Å². The van der Waals surface area contributed by atoms with Gasteiger partial charge in [-0.25, -0.2) is 8.42 Å². The van der Waals surface area contributed by atoms with Crippen LogP contribution in [0.25, 0.3) is 0 Å². The van der Waals surface area contributed by atoms with Gasteiger partial charge in [-0.1, -0.05) is 0 Å². The highest BCUT2D eigenvalue weighted by Crippen LogP contribution is 2.19. The minimum atomic E-state index is -2.94. The summed E-state index contributed by atoms with van der Waals surface area (Å²) >= 11 is 0. The highest BCUT2D eigenvalue weighted by Gasteiger charge is 2.36. The van der Waals surface area contributed by atoms with Gasteiger partial charge < -0.3 is 10.6 Å².